The number of aromatic amines is 1. The summed E-state index contributed by atoms with van der Waals surface area (Å²) in [6.45, 7) is 5.23. The number of nitrogens with zero attached hydrogens (tertiary/aromatic N) is 1. The van der Waals surface area contributed by atoms with Crippen LogP contribution < -0.4 is 5.56 Å². The zero-order chi connectivity index (χ0) is 21.3. The van der Waals surface area contributed by atoms with Crippen molar-refractivity contribution in [1.29, 1.82) is 0 Å². The first kappa shape index (κ1) is 20.6. The molecule has 0 radical (unpaired) electrons. The van der Waals surface area contributed by atoms with Gasteiger partial charge in [0.25, 0.3) is 11.5 Å². The first-order valence-electron chi connectivity index (χ1n) is 10.2. The number of hydrogen-bond donors (Lipinski definition) is 1. The van der Waals surface area contributed by atoms with Gasteiger partial charge in [-0.25, -0.2) is 0 Å². The number of aryl methyl sites for hydroxylation is 2. The molecule has 1 fully saturated rings. The number of ether oxygens (including phenoxy) is 1. The van der Waals surface area contributed by atoms with Gasteiger partial charge in [-0.15, -0.1) is 0 Å². The zero-order valence-corrected chi connectivity index (χ0v) is 18.0. The van der Waals surface area contributed by atoms with Gasteiger partial charge in [-0.2, -0.15) is 0 Å². The smallest absolute Gasteiger partial charge is 0.253 e. The van der Waals surface area contributed by atoms with Crippen molar-refractivity contribution in [3.8, 4) is 0 Å². The fourth-order valence-electron chi connectivity index (χ4n) is 3.89. The third-order valence-electron chi connectivity index (χ3n) is 5.79. The number of aromatic nitrogens is 1. The summed E-state index contributed by atoms with van der Waals surface area (Å²) in [5.74, 6) is -0.0815. The molecule has 0 spiro atoms. The number of halogens is 1. The van der Waals surface area contributed by atoms with Gasteiger partial charge < -0.3 is 14.6 Å². The van der Waals surface area contributed by atoms with Crippen molar-refractivity contribution in [1.82, 2.24) is 9.88 Å². The van der Waals surface area contributed by atoms with E-state index in [1.807, 2.05) is 44.2 Å². The molecule has 2 aromatic carbocycles. The van der Waals surface area contributed by atoms with Crippen molar-refractivity contribution in [3.63, 3.8) is 0 Å². The van der Waals surface area contributed by atoms with E-state index >= 15 is 0 Å². The molecule has 2 heterocycles. The number of fused-ring (bicyclic) bond motifs is 1. The Balaban J connectivity index is 1.67. The monoisotopic (exact) mass is 424 g/mol. The summed E-state index contributed by atoms with van der Waals surface area (Å²) in [6, 6.07) is 13.3. The van der Waals surface area contributed by atoms with Crippen molar-refractivity contribution in [2.75, 3.05) is 6.61 Å². The molecule has 1 aliphatic heterocycles. The molecule has 1 aliphatic rings. The number of carbonyl (C=O) groups is 1. The average Bonchev–Trinajstić information content (AvgIpc) is 3.27. The molecule has 1 saturated heterocycles. The van der Waals surface area contributed by atoms with Crippen LogP contribution in [0.3, 0.4) is 0 Å². The molecule has 156 valence electrons. The lowest BCUT2D eigenvalue weighted by molar-refractivity contribution is -0.142. The Bertz CT molecular complexity index is 1130. The van der Waals surface area contributed by atoms with E-state index in [1.54, 1.807) is 17.0 Å². The minimum absolute atomic E-state index is 0.0815. The molecule has 6 heteroatoms. The van der Waals surface area contributed by atoms with Crippen LogP contribution >= 0.6 is 11.6 Å². The van der Waals surface area contributed by atoms with Gasteiger partial charge in [-0.1, -0.05) is 35.9 Å². The van der Waals surface area contributed by atoms with Crippen LogP contribution in [0.15, 0.2) is 47.3 Å². The highest BCUT2D eigenvalue weighted by molar-refractivity contribution is 6.30. The van der Waals surface area contributed by atoms with E-state index in [4.69, 9.17) is 16.3 Å². The molecule has 1 aromatic heterocycles. The molecular weight excluding hydrogens is 400 g/mol. The van der Waals surface area contributed by atoms with E-state index < -0.39 is 6.10 Å². The second-order valence-electron chi connectivity index (χ2n) is 7.92. The molecule has 0 bridgehead atoms. The van der Waals surface area contributed by atoms with Gasteiger partial charge in [-0.05, 0) is 67.0 Å². The molecule has 30 heavy (non-hydrogen) atoms. The molecule has 4 rings (SSSR count). The topological polar surface area (TPSA) is 62.4 Å². The van der Waals surface area contributed by atoms with Crippen molar-refractivity contribution < 1.29 is 9.53 Å². The zero-order valence-electron chi connectivity index (χ0n) is 17.2. The van der Waals surface area contributed by atoms with Crippen molar-refractivity contribution in [2.45, 2.75) is 45.9 Å². The largest absolute Gasteiger partial charge is 0.368 e. The third kappa shape index (κ3) is 4.27. The van der Waals surface area contributed by atoms with Crippen LogP contribution in [-0.2, 0) is 22.6 Å². The van der Waals surface area contributed by atoms with Crippen LogP contribution in [0.4, 0.5) is 0 Å². The number of hydrogen-bond acceptors (Lipinski definition) is 3. The van der Waals surface area contributed by atoms with Crippen LogP contribution in [-0.4, -0.2) is 28.5 Å². The van der Waals surface area contributed by atoms with Gasteiger partial charge in [0, 0.05) is 23.7 Å². The van der Waals surface area contributed by atoms with Gasteiger partial charge in [0.15, 0.2) is 0 Å². The minimum Gasteiger partial charge on any atom is -0.368 e. The van der Waals surface area contributed by atoms with Crippen LogP contribution in [0.25, 0.3) is 10.9 Å². The van der Waals surface area contributed by atoms with Crippen molar-refractivity contribution in [2.24, 2.45) is 0 Å². The number of carbonyl (C=O) groups excluding carboxylic acids is 1. The average molecular weight is 425 g/mol. The Morgan fingerprint density at radius 3 is 2.63 bits per heavy atom. The maximum absolute atomic E-state index is 13.2. The van der Waals surface area contributed by atoms with Gasteiger partial charge in [0.2, 0.25) is 0 Å². The second-order valence-corrected chi connectivity index (χ2v) is 8.35. The summed E-state index contributed by atoms with van der Waals surface area (Å²) in [5.41, 5.74) is 4.38. The van der Waals surface area contributed by atoms with Gasteiger partial charge in [0.1, 0.15) is 6.10 Å². The number of benzene rings is 2. The normalized spacial score (nSPS) is 16.2. The summed E-state index contributed by atoms with van der Waals surface area (Å²) in [5, 5.41) is 1.61. The maximum Gasteiger partial charge on any atom is 0.253 e. The number of nitrogens with one attached hydrogen (secondary N) is 1. The second kappa shape index (κ2) is 8.62. The van der Waals surface area contributed by atoms with Crippen LogP contribution in [0.2, 0.25) is 5.02 Å². The highest BCUT2D eigenvalue weighted by Gasteiger charge is 2.29. The highest BCUT2D eigenvalue weighted by Crippen LogP contribution is 2.22. The lowest BCUT2D eigenvalue weighted by Crippen LogP contribution is -2.39. The maximum atomic E-state index is 13.2. The van der Waals surface area contributed by atoms with Gasteiger partial charge in [-0.3, -0.25) is 9.59 Å². The van der Waals surface area contributed by atoms with E-state index in [9.17, 15) is 9.59 Å². The molecule has 0 unspecified atom stereocenters. The Morgan fingerprint density at radius 1 is 1.17 bits per heavy atom. The number of pyridine rings is 1. The standard InChI is InChI=1S/C24H25ClN2O3/c1-15-5-8-18-12-19(23(28)26-22(18)16(15)2)14-27(24(29)21-4-3-11-30-21)13-17-6-9-20(25)10-7-17/h5-10,12,21H,3-4,11,13-14H2,1-2H3,(H,26,28)/t21-/m0/s1. The number of amides is 1. The summed E-state index contributed by atoms with van der Waals surface area (Å²) < 4.78 is 5.62. The van der Waals surface area contributed by atoms with Crippen molar-refractivity contribution in [3.05, 3.63) is 80.1 Å². The first-order valence-corrected chi connectivity index (χ1v) is 10.6. The third-order valence-corrected chi connectivity index (χ3v) is 6.04. The van der Waals surface area contributed by atoms with Gasteiger partial charge in [0.05, 0.1) is 12.1 Å². The van der Waals surface area contributed by atoms with Crippen LogP contribution in [0.5, 0.6) is 0 Å². The fraction of sp³-hybridized carbons (Fsp3) is 0.333. The molecule has 1 atom stereocenters. The SMILES string of the molecule is Cc1ccc2cc(CN(Cc3ccc(Cl)cc3)C(=O)[C@@H]3CCCO3)c(=O)[nH]c2c1C. The summed E-state index contributed by atoms with van der Waals surface area (Å²) in [4.78, 5) is 30.7. The minimum atomic E-state index is -0.443. The summed E-state index contributed by atoms with van der Waals surface area (Å²) in [6.07, 6.45) is 1.14. The Kier molecular flexibility index (Phi) is 5.93. The van der Waals surface area contributed by atoms with E-state index in [2.05, 4.69) is 4.98 Å². The predicted octanol–water partition coefficient (Wildman–Crippen LogP) is 4.51. The molecule has 0 aliphatic carbocycles. The summed E-state index contributed by atoms with van der Waals surface area (Å²) in [7, 11) is 0. The quantitative estimate of drug-likeness (QED) is 0.655. The fourth-order valence-corrected chi connectivity index (χ4v) is 4.02. The molecule has 1 N–H and O–H groups in total. The molecule has 3 aromatic rings. The lowest BCUT2D eigenvalue weighted by atomic mass is 10.0. The van der Waals surface area contributed by atoms with Gasteiger partial charge >= 0.3 is 0 Å². The Hall–Kier alpha value is -2.63. The molecule has 5 nitrogen and oxygen atoms in total. The van der Waals surface area contributed by atoms with E-state index in [0.717, 1.165) is 34.0 Å². The Morgan fingerprint density at radius 2 is 1.93 bits per heavy atom. The predicted molar refractivity (Wildman–Crippen MR) is 119 cm³/mol. The number of rotatable bonds is 5. The Labute approximate surface area is 180 Å². The van der Waals surface area contributed by atoms with E-state index in [0.29, 0.717) is 30.2 Å². The first-order chi connectivity index (χ1) is 14.4. The van der Waals surface area contributed by atoms with Crippen LogP contribution in [0.1, 0.15) is 35.1 Å². The highest BCUT2D eigenvalue weighted by atomic mass is 35.5. The molecule has 1 amide bonds. The lowest BCUT2D eigenvalue weighted by Gasteiger charge is -2.25. The molecular formula is C24H25ClN2O3. The van der Waals surface area contributed by atoms with Crippen LogP contribution in [0, 0.1) is 13.8 Å². The van der Waals surface area contributed by atoms with Crippen molar-refractivity contribution >= 4 is 28.4 Å². The van der Waals surface area contributed by atoms with E-state index in [-0.39, 0.29) is 18.0 Å². The molecule has 0 saturated carbocycles. The summed E-state index contributed by atoms with van der Waals surface area (Å²) >= 11 is 6.00. The van der Waals surface area contributed by atoms with E-state index in [1.165, 1.54) is 0 Å². The number of H-pyrrole nitrogens is 1.